The minimum absolute atomic E-state index is 0.142. The molecule has 0 unspecified atom stereocenters. The zero-order valence-electron chi connectivity index (χ0n) is 10.4. The van der Waals surface area contributed by atoms with Crippen LogP contribution < -0.4 is 0 Å². The third-order valence-corrected chi connectivity index (χ3v) is 3.63. The van der Waals surface area contributed by atoms with Gasteiger partial charge in [-0.3, -0.25) is 4.79 Å². The molecule has 3 nitrogen and oxygen atoms in total. The van der Waals surface area contributed by atoms with E-state index >= 15 is 0 Å². The van der Waals surface area contributed by atoms with Gasteiger partial charge in [0.25, 0.3) is 0 Å². The van der Waals surface area contributed by atoms with Gasteiger partial charge in [0.05, 0.1) is 6.42 Å². The molecular formula is C13H19NO2. The molecular weight excluding hydrogens is 202 g/mol. The summed E-state index contributed by atoms with van der Waals surface area (Å²) in [5, 5.41) is 8.95. The summed E-state index contributed by atoms with van der Waals surface area (Å²) in [5.41, 5.74) is 5.03. The lowest BCUT2D eigenvalue weighted by Gasteiger charge is -2.17. The molecule has 0 amide bonds. The van der Waals surface area contributed by atoms with Crippen LogP contribution in [0.5, 0.6) is 0 Å². The lowest BCUT2D eigenvalue weighted by Crippen LogP contribution is -2.15. The molecule has 0 aromatic carbocycles. The quantitative estimate of drug-likeness (QED) is 0.832. The fourth-order valence-electron chi connectivity index (χ4n) is 2.73. The van der Waals surface area contributed by atoms with E-state index in [-0.39, 0.29) is 11.8 Å². The molecule has 0 fully saturated rings. The van der Waals surface area contributed by atoms with Crippen molar-refractivity contribution in [3.63, 3.8) is 0 Å². The van der Waals surface area contributed by atoms with Crippen molar-refractivity contribution < 1.29 is 9.90 Å². The maximum Gasteiger partial charge on any atom is 0.309 e. The van der Waals surface area contributed by atoms with E-state index in [1.807, 2.05) is 6.92 Å². The normalized spacial score (nSPS) is 17.5. The first-order valence-electron chi connectivity index (χ1n) is 5.71. The van der Waals surface area contributed by atoms with Crippen molar-refractivity contribution >= 4 is 5.97 Å². The number of nitrogens with zero attached hydrogens (tertiary/aromatic N) is 1. The summed E-state index contributed by atoms with van der Waals surface area (Å²) in [5.74, 6) is -0.742. The van der Waals surface area contributed by atoms with Crippen LogP contribution in [0.3, 0.4) is 0 Å². The van der Waals surface area contributed by atoms with Gasteiger partial charge < -0.3 is 9.67 Å². The summed E-state index contributed by atoms with van der Waals surface area (Å²) in [4.78, 5) is 10.9. The molecule has 3 heteroatoms. The number of hydrogen-bond donors (Lipinski definition) is 1. The van der Waals surface area contributed by atoms with Crippen LogP contribution in [0.1, 0.15) is 36.4 Å². The third-order valence-electron chi connectivity index (χ3n) is 3.63. The Morgan fingerprint density at radius 2 is 2.00 bits per heavy atom. The van der Waals surface area contributed by atoms with E-state index in [1.165, 1.54) is 11.3 Å². The number of aliphatic carboxylic acids is 1. The van der Waals surface area contributed by atoms with Crippen molar-refractivity contribution in [2.24, 2.45) is 5.41 Å². The summed E-state index contributed by atoms with van der Waals surface area (Å²) >= 11 is 0. The number of fused-ring (bicyclic) bond motifs is 1. The molecule has 2 rings (SSSR count). The molecule has 2 heterocycles. The molecule has 0 atom stereocenters. The zero-order chi connectivity index (χ0) is 12.1. The highest BCUT2D eigenvalue weighted by atomic mass is 16.4. The predicted molar refractivity (Wildman–Crippen MR) is 62.7 cm³/mol. The fraction of sp³-hybridized carbons (Fsp3) is 0.615. The molecule has 1 aromatic rings. The summed E-state index contributed by atoms with van der Waals surface area (Å²) in [6.45, 7) is 9.55. The molecule has 1 aromatic heterocycles. The van der Waals surface area contributed by atoms with E-state index in [0.717, 1.165) is 24.2 Å². The lowest BCUT2D eigenvalue weighted by molar-refractivity contribution is -0.136. The van der Waals surface area contributed by atoms with Crippen LogP contribution in [0.25, 0.3) is 0 Å². The van der Waals surface area contributed by atoms with E-state index < -0.39 is 5.97 Å². The number of carboxylic acid groups (broad SMARTS) is 1. The SMILES string of the molecule is Cc1c(C)c2n(c1CC(=O)O)CC(C)(C)C2. The first-order chi connectivity index (χ1) is 7.32. The van der Waals surface area contributed by atoms with E-state index in [1.54, 1.807) is 0 Å². The highest BCUT2D eigenvalue weighted by molar-refractivity contribution is 5.70. The van der Waals surface area contributed by atoms with Gasteiger partial charge in [-0.15, -0.1) is 0 Å². The summed E-state index contributed by atoms with van der Waals surface area (Å²) in [7, 11) is 0. The second-order valence-corrected chi connectivity index (χ2v) is 5.64. The Kier molecular flexibility index (Phi) is 2.37. The Morgan fingerprint density at radius 3 is 2.56 bits per heavy atom. The van der Waals surface area contributed by atoms with Gasteiger partial charge in [-0.05, 0) is 36.8 Å². The number of rotatable bonds is 2. The standard InChI is InChI=1S/C13H19NO2/c1-8-9(2)11-6-13(3,4)7-14(11)10(8)5-12(15)16/h5-7H2,1-4H3,(H,15,16). The second kappa shape index (κ2) is 3.37. The monoisotopic (exact) mass is 221 g/mol. The van der Waals surface area contributed by atoms with E-state index in [9.17, 15) is 4.79 Å². The zero-order valence-corrected chi connectivity index (χ0v) is 10.4. The Hall–Kier alpha value is -1.25. The maximum absolute atomic E-state index is 10.9. The Morgan fingerprint density at radius 1 is 1.38 bits per heavy atom. The van der Waals surface area contributed by atoms with Gasteiger partial charge in [0.1, 0.15) is 0 Å². The molecule has 0 saturated carbocycles. The molecule has 0 bridgehead atoms. The molecule has 0 radical (unpaired) electrons. The second-order valence-electron chi connectivity index (χ2n) is 5.64. The molecule has 16 heavy (non-hydrogen) atoms. The molecule has 0 spiro atoms. The fourth-order valence-corrected chi connectivity index (χ4v) is 2.73. The topological polar surface area (TPSA) is 42.2 Å². The van der Waals surface area contributed by atoms with Crippen LogP contribution in [0.2, 0.25) is 0 Å². The molecule has 1 aliphatic heterocycles. The van der Waals surface area contributed by atoms with Crippen LogP contribution in [0, 0.1) is 19.3 Å². The average Bonchev–Trinajstić information content (AvgIpc) is 2.55. The molecule has 88 valence electrons. The van der Waals surface area contributed by atoms with E-state index in [2.05, 4.69) is 25.3 Å². The molecule has 0 aliphatic carbocycles. The number of carboxylic acids is 1. The largest absolute Gasteiger partial charge is 0.481 e. The summed E-state index contributed by atoms with van der Waals surface area (Å²) in [6, 6.07) is 0. The van der Waals surface area contributed by atoms with Crippen LogP contribution in [-0.4, -0.2) is 15.6 Å². The van der Waals surface area contributed by atoms with Crippen LogP contribution in [-0.2, 0) is 24.2 Å². The Bertz CT molecular complexity index is 455. The van der Waals surface area contributed by atoms with Crippen LogP contribution in [0.15, 0.2) is 0 Å². The smallest absolute Gasteiger partial charge is 0.309 e. The number of aromatic nitrogens is 1. The maximum atomic E-state index is 10.9. The van der Waals surface area contributed by atoms with Gasteiger partial charge in [-0.25, -0.2) is 0 Å². The van der Waals surface area contributed by atoms with Crippen molar-refractivity contribution in [2.75, 3.05) is 0 Å². The van der Waals surface area contributed by atoms with Crippen molar-refractivity contribution in [1.29, 1.82) is 0 Å². The molecule has 0 saturated heterocycles. The highest BCUT2D eigenvalue weighted by Crippen LogP contribution is 2.37. The lowest BCUT2D eigenvalue weighted by atomic mass is 9.89. The minimum Gasteiger partial charge on any atom is -0.481 e. The van der Waals surface area contributed by atoms with Crippen molar-refractivity contribution in [1.82, 2.24) is 4.57 Å². The number of hydrogen-bond acceptors (Lipinski definition) is 1. The van der Waals surface area contributed by atoms with E-state index in [0.29, 0.717) is 0 Å². The minimum atomic E-state index is -0.742. The predicted octanol–water partition coefficient (Wildman–Crippen LogP) is 2.31. The third kappa shape index (κ3) is 1.64. The first kappa shape index (κ1) is 11.2. The number of carbonyl (C=O) groups is 1. The van der Waals surface area contributed by atoms with Crippen LogP contribution >= 0.6 is 0 Å². The molecule has 1 aliphatic rings. The highest BCUT2D eigenvalue weighted by Gasteiger charge is 2.33. The van der Waals surface area contributed by atoms with Crippen molar-refractivity contribution in [3.8, 4) is 0 Å². The van der Waals surface area contributed by atoms with E-state index in [4.69, 9.17) is 5.11 Å². The summed E-state index contributed by atoms with van der Waals surface area (Å²) in [6.07, 6.45) is 1.20. The Labute approximate surface area is 96.1 Å². The van der Waals surface area contributed by atoms with Crippen LogP contribution in [0.4, 0.5) is 0 Å². The van der Waals surface area contributed by atoms with Gasteiger partial charge in [0, 0.05) is 17.9 Å². The van der Waals surface area contributed by atoms with Gasteiger partial charge in [-0.1, -0.05) is 13.8 Å². The first-order valence-corrected chi connectivity index (χ1v) is 5.71. The van der Waals surface area contributed by atoms with Gasteiger partial charge in [0.2, 0.25) is 0 Å². The van der Waals surface area contributed by atoms with Crippen molar-refractivity contribution in [2.45, 2.75) is 47.1 Å². The average molecular weight is 221 g/mol. The van der Waals surface area contributed by atoms with Gasteiger partial charge >= 0.3 is 5.97 Å². The van der Waals surface area contributed by atoms with Gasteiger partial charge in [0.15, 0.2) is 0 Å². The molecule has 1 N–H and O–H groups in total. The van der Waals surface area contributed by atoms with Gasteiger partial charge in [-0.2, -0.15) is 0 Å². The summed E-state index contributed by atoms with van der Waals surface area (Å²) < 4.78 is 2.22. The van der Waals surface area contributed by atoms with Crippen molar-refractivity contribution in [3.05, 3.63) is 22.5 Å². The Balaban J connectivity index is 2.48.